The summed E-state index contributed by atoms with van der Waals surface area (Å²) in [6.45, 7) is 0.208. The molecule has 0 saturated carbocycles. The average molecular weight is 479 g/mol. The number of phenols is 1. The molecule has 2 aromatic carbocycles. The predicted octanol–water partition coefficient (Wildman–Crippen LogP) is 2.38. The van der Waals surface area contributed by atoms with Gasteiger partial charge in [-0.2, -0.15) is 4.31 Å². The molecule has 2 N–H and O–H groups in total. The fourth-order valence-corrected chi connectivity index (χ4v) is 5.16. The van der Waals surface area contributed by atoms with Crippen LogP contribution in [0.1, 0.15) is 29.6 Å². The third kappa shape index (κ3) is 5.55. The minimum absolute atomic E-state index is 0.0528. The minimum Gasteiger partial charge on any atom is -0.504 e. The standard InChI is InChI=1S/C22H26N2O8S/c1-30-17-10-9-15(13-19(17)33(28,29)24-11-4-3-5-12-24)23-20(25)14-32-22(27)16-7-6-8-18(31-2)21(16)26/h6-10,13,26H,3-5,11-12,14H2,1-2H3,(H,23,25). The number of amides is 1. The Labute approximate surface area is 192 Å². The molecule has 0 spiro atoms. The zero-order chi connectivity index (χ0) is 24.0. The number of hydrogen-bond donors (Lipinski definition) is 2. The van der Waals surface area contributed by atoms with Gasteiger partial charge >= 0.3 is 5.97 Å². The number of aromatic hydroxyl groups is 1. The second-order valence-electron chi connectivity index (χ2n) is 7.31. The van der Waals surface area contributed by atoms with E-state index in [0.717, 1.165) is 19.3 Å². The summed E-state index contributed by atoms with van der Waals surface area (Å²) in [7, 11) is -1.09. The van der Waals surface area contributed by atoms with Gasteiger partial charge in [-0.25, -0.2) is 13.2 Å². The van der Waals surface area contributed by atoms with Crippen LogP contribution in [-0.4, -0.2) is 63.6 Å². The van der Waals surface area contributed by atoms with Gasteiger partial charge in [-0.3, -0.25) is 4.79 Å². The fraction of sp³-hybridized carbons (Fsp3) is 0.364. The van der Waals surface area contributed by atoms with Gasteiger partial charge < -0.3 is 24.6 Å². The van der Waals surface area contributed by atoms with Crippen molar-refractivity contribution in [3.05, 3.63) is 42.0 Å². The molecule has 2 aromatic rings. The summed E-state index contributed by atoms with van der Waals surface area (Å²) in [6.07, 6.45) is 2.55. The van der Waals surface area contributed by atoms with Gasteiger partial charge in [-0.15, -0.1) is 0 Å². The van der Waals surface area contributed by atoms with Crippen LogP contribution in [0.2, 0.25) is 0 Å². The summed E-state index contributed by atoms with van der Waals surface area (Å²) in [5.74, 6) is -1.73. The van der Waals surface area contributed by atoms with E-state index in [-0.39, 0.29) is 27.6 Å². The third-order valence-electron chi connectivity index (χ3n) is 5.15. The molecule has 0 radical (unpaired) electrons. The van der Waals surface area contributed by atoms with Gasteiger partial charge in [0, 0.05) is 18.8 Å². The normalized spacial score (nSPS) is 14.4. The number of phenolic OH excluding ortho intramolecular Hbond substituents is 1. The maximum Gasteiger partial charge on any atom is 0.342 e. The molecular weight excluding hydrogens is 452 g/mol. The predicted molar refractivity (Wildman–Crippen MR) is 119 cm³/mol. The highest BCUT2D eigenvalue weighted by atomic mass is 32.2. The number of anilines is 1. The number of rotatable bonds is 8. The Bertz CT molecular complexity index is 1130. The number of esters is 1. The average Bonchev–Trinajstić information content (AvgIpc) is 2.83. The molecule has 0 unspecified atom stereocenters. The highest BCUT2D eigenvalue weighted by Gasteiger charge is 2.29. The van der Waals surface area contributed by atoms with E-state index in [0.29, 0.717) is 13.1 Å². The van der Waals surface area contributed by atoms with Crippen LogP contribution in [0.15, 0.2) is 41.3 Å². The summed E-state index contributed by atoms with van der Waals surface area (Å²) in [5, 5.41) is 12.5. The van der Waals surface area contributed by atoms with Crippen molar-refractivity contribution >= 4 is 27.6 Å². The number of ether oxygens (including phenoxy) is 3. The lowest BCUT2D eigenvalue weighted by Crippen LogP contribution is -2.35. The van der Waals surface area contributed by atoms with E-state index in [2.05, 4.69) is 5.32 Å². The molecule has 1 fully saturated rings. The first kappa shape index (κ1) is 24.3. The molecule has 1 aliphatic rings. The molecule has 0 aliphatic carbocycles. The smallest absolute Gasteiger partial charge is 0.342 e. The number of methoxy groups -OCH3 is 2. The highest BCUT2D eigenvalue weighted by Crippen LogP contribution is 2.32. The van der Waals surface area contributed by atoms with Gasteiger partial charge in [0.05, 0.1) is 14.2 Å². The zero-order valence-electron chi connectivity index (χ0n) is 18.4. The van der Waals surface area contributed by atoms with Crippen molar-refractivity contribution in [2.75, 3.05) is 39.2 Å². The number of carbonyl (C=O) groups excluding carboxylic acids is 2. The van der Waals surface area contributed by atoms with Crippen LogP contribution in [0, 0.1) is 0 Å². The summed E-state index contributed by atoms with van der Waals surface area (Å²) in [6, 6.07) is 8.55. The van der Waals surface area contributed by atoms with E-state index in [4.69, 9.17) is 14.2 Å². The Kier molecular flexibility index (Phi) is 7.77. The van der Waals surface area contributed by atoms with Crippen LogP contribution in [-0.2, 0) is 19.6 Å². The number of hydrogen-bond acceptors (Lipinski definition) is 8. The molecule has 0 bridgehead atoms. The van der Waals surface area contributed by atoms with E-state index >= 15 is 0 Å². The van der Waals surface area contributed by atoms with E-state index in [1.54, 1.807) is 0 Å². The SMILES string of the molecule is COc1ccc(NC(=O)COC(=O)c2cccc(OC)c2O)cc1S(=O)(=O)N1CCCCC1. The maximum atomic E-state index is 13.1. The molecule has 1 aliphatic heterocycles. The van der Waals surface area contributed by atoms with Gasteiger partial charge in [0.2, 0.25) is 10.0 Å². The largest absolute Gasteiger partial charge is 0.504 e. The molecule has 1 amide bonds. The zero-order valence-corrected chi connectivity index (χ0v) is 19.2. The Morgan fingerprint density at radius 2 is 1.73 bits per heavy atom. The Morgan fingerprint density at radius 3 is 2.39 bits per heavy atom. The molecule has 11 heteroatoms. The minimum atomic E-state index is -3.80. The van der Waals surface area contributed by atoms with Crippen molar-refractivity contribution in [1.29, 1.82) is 0 Å². The van der Waals surface area contributed by atoms with Crippen LogP contribution in [0.5, 0.6) is 17.2 Å². The van der Waals surface area contributed by atoms with E-state index in [1.807, 2.05) is 0 Å². The first-order valence-corrected chi connectivity index (χ1v) is 11.7. The summed E-state index contributed by atoms with van der Waals surface area (Å²) in [4.78, 5) is 24.5. The van der Waals surface area contributed by atoms with Crippen molar-refractivity contribution in [3.8, 4) is 17.2 Å². The summed E-state index contributed by atoms with van der Waals surface area (Å²) >= 11 is 0. The van der Waals surface area contributed by atoms with Crippen molar-refractivity contribution in [1.82, 2.24) is 4.31 Å². The molecule has 33 heavy (non-hydrogen) atoms. The van der Waals surface area contributed by atoms with Crippen molar-refractivity contribution < 1.29 is 37.3 Å². The quantitative estimate of drug-likeness (QED) is 0.553. The molecule has 1 saturated heterocycles. The Hall–Kier alpha value is -3.31. The molecule has 3 rings (SSSR count). The first-order chi connectivity index (χ1) is 15.8. The Morgan fingerprint density at radius 1 is 1.03 bits per heavy atom. The molecular formula is C22H26N2O8S. The number of nitrogens with zero attached hydrogens (tertiary/aromatic N) is 1. The van der Waals surface area contributed by atoms with E-state index in [9.17, 15) is 23.1 Å². The van der Waals surface area contributed by atoms with Gasteiger partial charge in [0.1, 0.15) is 16.2 Å². The molecule has 0 aromatic heterocycles. The van der Waals surface area contributed by atoms with E-state index < -0.39 is 34.3 Å². The number of carbonyl (C=O) groups is 2. The third-order valence-corrected chi connectivity index (χ3v) is 7.07. The van der Waals surface area contributed by atoms with Crippen LogP contribution in [0.3, 0.4) is 0 Å². The summed E-state index contributed by atoms with van der Waals surface area (Å²) in [5.41, 5.74) is 0.0539. The van der Waals surface area contributed by atoms with Gasteiger partial charge in [0.25, 0.3) is 5.91 Å². The number of piperidine rings is 1. The summed E-state index contributed by atoms with van der Waals surface area (Å²) < 4.78 is 42.7. The Balaban J connectivity index is 1.70. The lowest BCUT2D eigenvalue weighted by atomic mass is 10.2. The molecule has 10 nitrogen and oxygen atoms in total. The van der Waals surface area contributed by atoms with Crippen molar-refractivity contribution in [2.24, 2.45) is 0 Å². The van der Waals surface area contributed by atoms with Crippen molar-refractivity contribution in [2.45, 2.75) is 24.2 Å². The van der Waals surface area contributed by atoms with Crippen LogP contribution in [0.25, 0.3) is 0 Å². The van der Waals surface area contributed by atoms with E-state index in [1.165, 1.54) is 54.9 Å². The molecule has 1 heterocycles. The lowest BCUT2D eigenvalue weighted by Gasteiger charge is -2.26. The lowest BCUT2D eigenvalue weighted by molar-refractivity contribution is -0.119. The molecule has 0 atom stereocenters. The van der Waals surface area contributed by atoms with Crippen LogP contribution >= 0.6 is 0 Å². The number of sulfonamides is 1. The monoisotopic (exact) mass is 478 g/mol. The first-order valence-electron chi connectivity index (χ1n) is 10.3. The number of nitrogens with one attached hydrogen (secondary N) is 1. The number of benzene rings is 2. The number of para-hydroxylation sites is 1. The second-order valence-corrected chi connectivity index (χ2v) is 9.22. The van der Waals surface area contributed by atoms with Gasteiger partial charge in [-0.1, -0.05) is 12.5 Å². The topological polar surface area (TPSA) is 131 Å². The second kappa shape index (κ2) is 10.5. The van der Waals surface area contributed by atoms with Gasteiger partial charge in [0.15, 0.2) is 18.1 Å². The van der Waals surface area contributed by atoms with Crippen molar-refractivity contribution in [3.63, 3.8) is 0 Å². The fourth-order valence-electron chi connectivity index (χ4n) is 3.46. The molecule has 178 valence electrons. The van der Waals surface area contributed by atoms with Crippen LogP contribution < -0.4 is 14.8 Å². The maximum absolute atomic E-state index is 13.1. The highest BCUT2D eigenvalue weighted by molar-refractivity contribution is 7.89. The van der Waals surface area contributed by atoms with Gasteiger partial charge in [-0.05, 0) is 43.2 Å². The van der Waals surface area contributed by atoms with Crippen LogP contribution in [0.4, 0.5) is 5.69 Å².